The molecule has 12 heavy (non-hydrogen) atoms. The SMILES string of the molecule is Cl.O=C1CN=CC2=C1CNCC2. The molecule has 0 bridgehead atoms. The lowest BCUT2D eigenvalue weighted by Crippen LogP contribution is -2.31. The molecule has 0 spiro atoms. The van der Waals surface area contributed by atoms with E-state index in [9.17, 15) is 4.79 Å². The monoisotopic (exact) mass is 186 g/mol. The van der Waals surface area contributed by atoms with Gasteiger partial charge < -0.3 is 5.32 Å². The average Bonchev–Trinajstić information content (AvgIpc) is 2.06. The maximum Gasteiger partial charge on any atom is 0.181 e. The lowest BCUT2D eigenvalue weighted by molar-refractivity contribution is -0.114. The fourth-order valence-electron chi connectivity index (χ4n) is 1.46. The van der Waals surface area contributed by atoms with Gasteiger partial charge in [0.25, 0.3) is 0 Å². The standard InChI is InChI=1S/C8H10N2O.ClH/c11-8-5-10-3-6-1-2-9-4-7(6)8;/h3,9H,1-2,4-5H2;1H. The van der Waals surface area contributed by atoms with Gasteiger partial charge in [0, 0.05) is 18.3 Å². The van der Waals surface area contributed by atoms with Crippen molar-refractivity contribution < 1.29 is 4.79 Å². The highest BCUT2D eigenvalue weighted by Crippen LogP contribution is 2.14. The Hall–Kier alpha value is -0.670. The molecule has 2 aliphatic heterocycles. The Morgan fingerprint density at radius 2 is 2.33 bits per heavy atom. The molecule has 0 fully saturated rings. The van der Waals surface area contributed by atoms with Gasteiger partial charge >= 0.3 is 0 Å². The molecule has 0 atom stereocenters. The van der Waals surface area contributed by atoms with Gasteiger partial charge in [-0.3, -0.25) is 9.79 Å². The first-order chi connectivity index (χ1) is 5.38. The number of rotatable bonds is 0. The lowest BCUT2D eigenvalue weighted by Gasteiger charge is -2.19. The van der Waals surface area contributed by atoms with Gasteiger partial charge in [0.05, 0.1) is 0 Å². The second kappa shape index (κ2) is 3.83. The Morgan fingerprint density at radius 3 is 3.08 bits per heavy atom. The Bertz CT molecular complexity index is 258. The van der Waals surface area contributed by atoms with Gasteiger partial charge in [-0.1, -0.05) is 0 Å². The molecule has 0 unspecified atom stereocenters. The third-order valence-corrected chi connectivity index (χ3v) is 2.08. The molecular weight excluding hydrogens is 176 g/mol. The van der Waals surface area contributed by atoms with Gasteiger partial charge in [-0.15, -0.1) is 12.4 Å². The minimum Gasteiger partial charge on any atom is -0.312 e. The second-order valence-corrected chi connectivity index (χ2v) is 2.82. The third-order valence-electron chi connectivity index (χ3n) is 2.08. The van der Waals surface area contributed by atoms with E-state index in [0.717, 1.165) is 30.7 Å². The van der Waals surface area contributed by atoms with Crippen molar-refractivity contribution in [2.45, 2.75) is 6.42 Å². The molecule has 3 nitrogen and oxygen atoms in total. The molecule has 4 heteroatoms. The molecule has 0 aliphatic carbocycles. The van der Waals surface area contributed by atoms with E-state index in [1.165, 1.54) is 0 Å². The molecule has 0 amide bonds. The Balaban J connectivity index is 0.000000720. The minimum atomic E-state index is 0. The van der Waals surface area contributed by atoms with Crippen molar-refractivity contribution in [2.24, 2.45) is 4.99 Å². The van der Waals surface area contributed by atoms with E-state index in [4.69, 9.17) is 0 Å². The molecule has 0 saturated heterocycles. The van der Waals surface area contributed by atoms with Crippen LogP contribution in [0.15, 0.2) is 16.1 Å². The summed E-state index contributed by atoms with van der Waals surface area (Å²) in [6.07, 6.45) is 2.79. The fraction of sp³-hybridized carbons (Fsp3) is 0.500. The van der Waals surface area contributed by atoms with Gasteiger partial charge in [0.2, 0.25) is 0 Å². The van der Waals surface area contributed by atoms with Crippen molar-refractivity contribution in [2.75, 3.05) is 19.6 Å². The number of nitrogens with one attached hydrogen (secondary N) is 1. The zero-order valence-corrected chi connectivity index (χ0v) is 7.49. The maximum absolute atomic E-state index is 11.2. The van der Waals surface area contributed by atoms with E-state index in [0.29, 0.717) is 6.54 Å². The van der Waals surface area contributed by atoms with Crippen LogP contribution in [0, 0.1) is 0 Å². The molecule has 0 aromatic carbocycles. The first kappa shape index (κ1) is 9.42. The molecule has 66 valence electrons. The van der Waals surface area contributed by atoms with Gasteiger partial charge in [0.15, 0.2) is 5.78 Å². The summed E-state index contributed by atoms with van der Waals surface area (Å²) in [5.41, 5.74) is 2.09. The molecule has 1 N–H and O–H groups in total. The quantitative estimate of drug-likeness (QED) is 0.593. The van der Waals surface area contributed by atoms with Crippen LogP contribution in [0.25, 0.3) is 0 Å². The van der Waals surface area contributed by atoms with Crippen molar-refractivity contribution in [1.29, 1.82) is 0 Å². The van der Waals surface area contributed by atoms with E-state index < -0.39 is 0 Å². The molecular formula is C8H11ClN2O. The van der Waals surface area contributed by atoms with Crippen LogP contribution in [-0.4, -0.2) is 31.6 Å². The normalized spacial score (nSPS) is 21.8. The molecule has 0 saturated carbocycles. The third kappa shape index (κ3) is 1.57. The number of carbonyl (C=O) groups is 1. The highest BCUT2D eigenvalue weighted by molar-refractivity contribution is 6.06. The summed E-state index contributed by atoms with van der Waals surface area (Å²) in [5.74, 6) is 0.190. The first-order valence-corrected chi connectivity index (χ1v) is 3.83. The summed E-state index contributed by atoms with van der Waals surface area (Å²) >= 11 is 0. The number of dihydropyridines is 1. The zero-order valence-electron chi connectivity index (χ0n) is 6.67. The van der Waals surface area contributed by atoms with Crippen molar-refractivity contribution in [3.8, 4) is 0 Å². The summed E-state index contributed by atoms with van der Waals surface area (Å²) in [6.45, 7) is 2.05. The van der Waals surface area contributed by atoms with Crippen LogP contribution in [0.2, 0.25) is 0 Å². The first-order valence-electron chi connectivity index (χ1n) is 3.83. The van der Waals surface area contributed by atoms with Crippen molar-refractivity contribution >= 4 is 24.4 Å². The van der Waals surface area contributed by atoms with Crippen LogP contribution in [0.3, 0.4) is 0 Å². The van der Waals surface area contributed by atoms with Crippen LogP contribution < -0.4 is 5.32 Å². The van der Waals surface area contributed by atoms with Crippen LogP contribution >= 0.6 is 12.4 Å². The van der Waals surface area contributed by atoms with E-state index >= 15 is 0 Å². The summed E-state index contributed by atoms with van der Waals surface area (Å²) in [7, 11) is 0. The topological polar surface area (TPSA) is 41.5 Å². The number of hydrogen-bond donors (Lipinski definition) is 1. The molecule has 2 heterocycles. The summed E-state index contributed by atoms with van der Waals surface area (Å²) < 4.78 is 0. The molecule has 0 radical (unpaired) electrons. The maximum atomic E-state index is 11.2. The van der Waals surface area contributed by atoms with E-state index in [2.05, 4.69) is 10.3 Å². The van der Waals surface area contributed by atoms with Crippen LogP contribution in [0.4, 0.5) is 0 Å². The minimum absolute atomic E-state index is 0. The molecule has 0 aromatic heterocycles. The summed E-state index contributed by atoms with van der Waals surface area (Å²) in [5, 5.41) is 3.17. The number of ketones is 1. The highest BCUT2D eigenvalue weighted by atomic mass is 35.5. The summed E-state index contributed by atoms with van der Waals surface area (Å²) in [4.78, 5) is 15.2. The van der Waals surface area contributed by atoms with Crippen LogP contribution in [0.5, 0.6) is 0 Å². The van der Waals surface area contributed by atoms with Crippen molar-refractivity contribution in [3.05, 3.63) is 11.1 Å². The largest absolute Gasteiger partial charge is 0.312 e. The Kier molecular flexibility index (Phi) is 3.00. The van der Waals surface area contributed by atoms with Gasteiger partial charge in [-0.2, -0.15) is 0 Å². The van der Waals surface area contributed by atoms with Crippen molar-refractivity contribution in [3.63, 3.8) is 0 Å². The fourth-order valence-corrected chi connectivity index (χ4v) is 1.46. The highest BCUT2D eigenvalue weighted by Gasteiger charge is 2.19. The smallest absolute Gasteiger partial charge is 0.181 e. The summed E-state index contributed by atoms with van der Waals surface area (Å²) in [6, 6.07) is 0. The van der Waals surface area contributed by atoms with E-state index in [1.54, 1.807) is 0 Å². The second-order valence-electron chi connectivity index (χ2n) is 2.82. The van der Waals surface area contributed by atoms with E-state index in [1.807, 2.05) is 6.21 Å². The molecule has 2 aliphatic rings. The van der Waals surface area contributed by atoms with E-state index in [-0.39, 0.29) is 18.2 Å². The number of hydrogen-bond acceptors (Lipinski definition) is 3. The number of nitrogens with zero attached hydrogens (tertiary/aromatic N) is 1. The number of aliphatic imine (C=N–C) groups is 1. The van der Waals surface area contributed by atoms with Gasteiger partial charge in [-0.05, 0) is 18.5 Å². The lowest BCUT2D eigenvalue weighted by atomic mass is 9.97. The van der Waals surface area contributed by atoms with Gasteiger partial charge in [0.1, 0.15) is 6.54 Å². The number of halogens is 1. The molecule has 0 aromatic rings. The average molecular weight is 187 g/mol. The van der Waals surface area contributed by atoms with Crippen LogP contribution in [-0.2, 0) is 4.79 Å². The number of carbonyl (C=O) groups excluding carboxylic acids is 1. The zero-order chi connectivity index (χ0) is 7.68. The molecule has 2 rings (SSSR count). The predicted molar refractivity (Wildman–Crippen MR) is 50.1 cm³/mol. The predicted octanol–water partition coefficient (Wildman–Crippen LogP) is 0.352. The number of Topliss-reactive ketones (excluding diaryl/α,β-unsaturated/α-hetero) is 1. The van der Waals surface area contributed by atoms with Gasteiger partial charge in [-0.25, -0.2) is 0 Å². The van der Waals surface area contributed by atoms with Crippen LogP contribution in [0.1, 0.15) is 6.42 Å². The Morgan fingerprint density at radius 1 is 1.50 bits per heavy atom. The van der Waals surface area contributed by atoms with Crippen molar-refractivity contribution in [1.82, 2.24) is 5.32 Å². The Labute approximate surface area is 77.4 Å².